The van der Waals surface area contributed by atoms with Gasteiger partial charge in [0.1, 0.15) is 6.23 Å². The summed E-state index contributed by atoms with van der Waals surface area (Å²) >= 11 is 0. The molecule has 1 aliphatic carbocycles. The summed E-state index contributed by atoms with van der Waals surface area (Å²) in [6, 6.07) is 3.27. The number of carbonyl (C=O) groups excluding carboxylic acids is 1. The number of anilines is 1. The van der Waals surface area contributed by atoms with Crippen LogP contribution in [0.4, 0.5) is 5.69 Å². The van der Waals surface area contributed by atoms with Crippen molar-refractivity contribution in [2.45, 2.75) is 31.5 Å². The maximum atomic E-state index is 13.1. The van der Waals surface area contributed by atoms with Crippen molar-refractivity contribution >= 4 is 11.6 Å². The minimum absolute atomic E-state index is 0.00141. The zero-order valence-electron chi connectivity index (χ0n) is 13.7. The molecule has 1 amide bonds. The topological polar surface area (TPSA) is 62.2 Å². The van der Waals surface area contributed by atoms with E-state index in [0.29, 0.717) is 22.4 Å². The number of fused-ring (bicyclic) bond motifs is 2. The smallest absolute Gasteiger partial charge is 0.256 e. The molecule has 2 heterocycles. The van der Waals surface area contributed by atoms with E-state index >= 15 is 0 Å². The summed E-state index contributed by atoms with van der Waals surface area (Å²) in [5.74, 6) is 0.346. The molecule has 1 unspecified atom stereocenters. The summed E-state index contributed by atoms with van der Waals surface area (Å²) in [7, 11) is 5.08. The van der Waals surface area contributed by atoms with Gasteiger partial charge in [-0.25, -0.2) is 0 Å². The molecule has 6 heteroatoms. The molecular formula is C17H22N2O4. The van der Waals surface area contributed by atoms with Crippen molar-refractivity contribution in [2.75, 3.05) is 32.7 Å². The normalized spacial score (nSPS) is 27.7. The number of benzene rings is 1. The highest BCUT2D eigenvalue weighted by Crippen LogP contribution is 2.56. The molecule has 1 aromatic carbocycles. The molecule has 1 aromatic rings. The van der Waals surface area contributed by atoms with Gasteiger partial charge in [0, 0.05) is 26.8 Å². The third kappa shape index (κ3) is 2.01. The first-order valence-electron chi connectivity index (χ1n) is 7.97. The fourth-order valence-corrected chi connectivity index (χ4v) is 4.16. The van der Waals surface area contributed by atoms with Gasteiger partial charge in [-0.15, -0.1) is 0 Å². The Labute approximate surface area is 135 Å². The highest BCUT2D eigenvalue weighted by Gasteiger charge is 2.57. The van der Waals surface area contributed by atoms with Gasteiger partial charge in [-0.05, 0) is 30.7 Å². The molecule has 4 rings (SSSR count). The van der Waals surface area contributed by atoms with Crippen LogP contribution in [0.2, 0.25) is 0 Å². The Balaban J connectivity index is 1.85. The zero-order chi connectivity index (χ0) is 16.4. The Bertz CT molecular complexity index is 671. The molecule has 1 saturated carbocycles. The number of ether oxygens (including phenoxy) is 2. The lowest BCUT2D eigenvalue weighted by Gasteiger charge is -2.33. The number of rotatable bonds is 2. The van der Waals surface area contributed by atoms with Crippen LogP contribution >= 0.6 is 0 Å². The van der Waals surface area contributed by atoms with E-state index in [1.165, 1.54) is 20.0 Å². The third-order valence-electron chi connectivity index (χ3n) is 5.63. The first-order valence-corrected chi connectivity index (χ1v) is 7.97. The predicted octanol–water partition coefficient (Wildman–Crippen LogP) is 1.82. The van der Waals surface area contributed by atoms with Gasteiger partial charge >= 0.3 is 0 Å². The van der Waals surface area contributed by atoms with Crippen molar-refractivity contribution in [2.24, 2.45) is 5.41 Å². The monoisotopic (exact) mass is 318 g/mol. The number of amides is 1. The lowest BCUT2D eigenvalue weighted by atomic mass is 10.0. The van der Waals surface area contributed by atoms with Gasteiger partial charge in [0.15, 0.2) is 11.5 Å². The van der Waals surface area contributed by atoms with Gasteiger partial charge in [0.25, 0.3) is 5.91 Å². The van der Waals surface area contributed by atoms with E-state index < -0.39 is 0 Å². The van der Waals surface area contributed by atoms with Crippen LogP contribution in [0.25, 0.3) is 0 Å². The van der Waals surface area contributed by atoms with E-state index in [1.54, 1.807) is 19.2 Å². The quantitative estimate of drug-likeness (QED) is 0.901. The number of phenolic OH excluding ortho intramolecular Hbond substituents is 1. The summed E-state index contributed by atoms with van der Waals surface area (Å²) in [6.07, 6.45) is 3.16. The highest BCUT2D eigenvalue weighted by atomic mass is 16.5. The minimum Gasteiger partial charge on any atom is -0.504 e. The zero-order valence-corrected chi connectivity index (χ0v) is 13.7. The number of hydrogen-bond acceptors (Lipinski definition) is 5. The maximum Gasteiger partial charge on any atom is 0.256 e. The SMILES string of the molecule is COc1cc2c(cc1O)N(C)C(OC)[C@@H]1CC3(CC3)CN1C2=O. The molecule has 1 saturated heterocycles. The molecule has 2 atom stereocenters. The van der Waals surface area contributed by atoms with E-state index in [-0.39, 0.29) is 23.9 Å². The van der Waals surface area contributed by atoms with Crippen LogP contribution in [0.1, 0.15) is 29.6 Å². The Hall–Kier alpha value is -1.95. The Morgan fingerprint density at radius 2 is 2.04 bits per heavy atom. The van der Waals surface area contributed by atoms with Crippen molar-refractivity contribution in [1.82, 2.24) is 4.90 Å². The average Bonchev–Trinajstić information content (AvgIpc) is 3.20. The fraction of sp³-hybridized carbons (Fsp3) is 0.588. The minimum atomic E-state index is -0.215. The van der Waals surface area contributed by atoms with Crippen LogP contribution in [-0.4, -0.2) is 56.0 Å². The van der Waals surface area contributed by atoms with Gasteiger partial charge in [0.05, 0.1) is 24.4 Å². The lowest BCUT2D eigenvalue weighted by Crippen LogP contribution is -2.48. The van der Waals surface area contributed by atoms with Crippen LogP contribution in [0.3, 0.4) is 0 Å². The van der Waals surface area contributed by atoms with Crippen LogP contribution < -0.4 is 9.64 Å². The molecule has 1 N–H and O–H groups in total. The number of aromatic hydroxyl groups is 1. The second kappa shape index (κ2) is 4.77. The second-order valence-corrected chi connectivity index (χ2v) is 6.98. The molecule has 124 valence electrons. The van der Waals surface area contributed by atoms with E-state index in [0.717, 1.165) is 13.0 Å². The Morgan fingerprint density at radius 3 is 2.65 bits per heavy atom. The van der Waals surface area contributed by atoms with Gasteiger partial charge in [-0.3, -0.25) is 4.79 Å². The largest absolute Gasteiger partial charge is 0.504 e. The van der Waals surface area contributed by atoms with Crippen molar-refractivity contribution < 1.29 is 19.4 Å². The first-order chi connectivity index (χ1) is 11.0. The van der Waals surface area contributed by atoms with Gasteiger partial charge in [-0.1, -0.05) is 0 Å². The van der Waals surface area contributed by atoms with E-state index in [1.807, 2.05) is 16.8 Å². The number of likely N-dealkylation sites (N-methyl/N-ethyl adjacent to an activating group) is 1. The Kier molecular flexibility index (Phi) is 3.04. The van der Waals surface area contributed by atoms with Crippen molar-refractivity contribution in [1.29, 1.82) is 0 Å². The van der Waals surface area contributed by atoms with Crippen molar-refractivity contribution in [3.63, 3.8) is 0 Å². The number of methoxy groups -OCH3 is 2. The number of hydrogen-bond donors (Lipinski definition) is 1. The highest BCUT2D eigenvalue weighted by molar-refractivity contribution is 6.02. The van der Waals surface area contributed by atoms with Gasteiger partial charge in [0.2, 0.25) is 0 Å². The molecule has 1 spiro atoms. The number of nitrogens with zero attached hydrogens (tertiary/aromatic N) is 2. The standard InChI is InChI=1S/C17H22N2O4/c1-18-11-7-13(20)14(22-2)6-10(11)15(21)19-9-17(4-5-17)8-12(19)16(18)23-3/h6-7,12,16,20H,4-5,8-9H2,1-3H3/t12-,16?/m0/s1. The lowest BCUT2D eigenvalue weighted by molar-refractivity contribution is 0.0311. The van der Waals surface area contributed by atoms with Crippen LogP contribution in [0.15, 0.2) is 12.1 Å². The summed E-state index contributed by atoms with van der Waals surface area (Å²) in [5, 5.41) is 10.1. The molecule has 6 nitrogen and oxygen atoms in total. The average molecular weight is 318 g/mol. The van der Waals surface area contributed by atoms with Crippen molar-refractivity contribution in [3.05, 3.63) is 17.7 Å². The van der Waals surface area contributed by atoms with Gasteiger partial charge in [-0.2, -0.15) is 0 Å². The predicted molar refractivity (Wildman–Crippen MR) is 85.0 cm³/mol. The van der Waals surface area contributed by atoms with Crippen LogP contribution in [0.5, 0.6) is 11.5 Å². The molecule has 2 aliphatic heterocycles. The molecule has 0 aromatic heterocycles. The molecule has 0 radical (unpaired) electrons. The maximum absolute atomic E-state index is 13.1. The van der Waals surface area contributed by atoms with Gasteiger partial charge < -0.3 is 24.4 Å². The van der Waals surface area contributed by atoms with E-state index in [9.17, 15) is 9.90 Å². The van der Waals surface area contributed by atoms with Crippen LogP contribution in [-0.2, 0) is 4.74 Å². The molecule has 23 heavy (non-hydrogen) atoms. The Morgan fingerprint density at radius 1 is 1.30 bits per heavy atom. The summed E-state index contributed by atoms with van der Waals surface area (Å²) in [5.41, 5.74) is 1.54. The summed E-state index contributed by atoms with van der Waals surface area (Å²) in [4.78, 5) is 17.0. The fourth-order valence-electron chi connectivity index (χ4n) is 4.16. The van der Waals surface area contributed by atoms with E-state index in [4.69, 9.17) is 9.47 Å². The molecule has 2 fully saturated rings. The summed E-state index contributed by atoms with van der Waals surface area (Å²) < 4.78 is 10.9. The third-order valence-corrected chi connectivity index (χ3v) is 5.63. The van der Waals surface area contributed by atoms with E-state index in [2.05, 4.69) is 0 Å². The molecule has 3 aliphatic rings. The van der Waals surface area contributed by atoms with Crippen molar-refractivity contribution in [3.8, 4) is 11.5 Å². The number of carbonyl (C=O) groups is 1. The number of phenols is 1. The summed E-state index contributed by atoms with van der Waals surface area (Å²) in [6.45, 7) is 0.798. The van der Waals surface area contributed by atoms with Crippen LogP contribution in [0, 0.1) is 5.41 Å². The second-order valence-electron chi connectivity index (χ2n) is 6.98. The molecule has 0 bridgehead atoms. The first kappa shape index (κ1) is 14.6. The molecular weight excluding hydrogens is 296 g/mol.